The molecule has 1 unspecified atom stereocenters. The van der Waals surface area contributed by atoms with E-state index >= 15 is 0 Å². The number of hydrogen-bond acceptors (Lipinski definition) is 9. The van der Waals surface area contributed by atoms with E-state index in [1.807, 2.05) is 41.1 Å². The predicted octanol–water partition coefficient (Wildman–Crippen LogP) is 3.77. The molecular weight excluding hydrogens is 569 g/mol. The van der Waals surface area contributed by atoms with Gasteiger partial charge in [0, 0.05) is 36.7 Å². The highest BCUT2D eigenvalue weighted by atomic mass is 32.2. The van der Waals surface area contributed by atoms with E-state index in [9.17, 15) is 12.8 Å². The standard InChI is InChI=1S/C31H36FN7O3S/c1-42-30-18-27-26(17-28(30)34-9-2-3-10-38-11-13-43(40,41)14-12-38)31(33,36-21-35-27)24-7-8-29-23(16-24)19-37-39(29)20-22-5-4-6-25(32)15-22/h4-8,15-19,21,34H,2-3,9-14,20,33H2,1H3,(H,35,36). The van der Waals surface area contributed by atoms with E-state index in [1.54, 1.807) is 25.7 Å². The maximum absolute atomic E-state index is 13.7. The first kappa shape index (κ1) is 29.1. The number of benzene rings is 3. The fourth-order valence-electron chi connectivity index (χ4n) is 5.74. The Morgan fingerprint density at radius 3 is 2.74 bits per heavy atom. The number of nitrogens with one attached hydrogen (secondary N) is 2. The van der Waals surface area contributed by atoms with Gasteiger partial charge in [-0.15, -0.1) is 0 Å². The minimum Gasteiger partial charge on any atom is -0.495 e. The fraction of sp³-hybridized carbons (Fsp3) is 0.355. The molecule has 0 spiro atoms. The number of anilines is 2. The summed E-state index contributed by atoms with van der Waals surface area (Å²) in [7, 11) is -1.23. The van der Waals surface area contributed by atoms with Crippen molar-refractivity contribution in [3.63, 3.8) is 0 Å². The average Bonchev–Trinajstić information content (AvgIpc) is 3.39. The van der Waals surface area contributed by atoms with Crippen LogP contribution in [0.15, 0.2) is 65.8 Å². The van der Waals surface area contributed by atoms with E-state index in [1.165, 1.54) is 12.1 Å². The molecule has 1 fully saturated rings. The summed E-state index contributed by atoms with van der Waals surface area (Å²) in [5, 5.41) is 12.2. The zero-order valence-electron chi connectivity index (χ0n) is 24.1. The molecule has 4 aromatic rings. The summed E-state index contributed by atoms with van der Waals surface area (Å²) >= 11 is 0. The van der Waals surface area contributed by atoms with Crippen molar-refractivity contribution in [2.75, 3.05) is 55.4 Å². The van der Waals surface area contributed by atoms with Crippen LogP contribution in [-0.4, -0.2) is 74.2 Å². The van der Waals surface area contributed by atoms with Gasteiger partial charge in [-0.05, 0) is 60.8 Å². The highest BCUT2D eigenvalue weighted by Gasteiger charge is 2.35. The lowest BCUT2D eigenvalue weighted by Gasteiger charge is -2.32. The van der Waals surface area contributed by atoms with E-state index in [-0.39, 0.29) is 17.3 Å². The Labute approximate surface area is 250 Å². The number of sulfone groups is 1. The minimum absolute atomic E-state index is 0.249. The monoisotopic (exact) mass is 605 g/mol. The smallest absolute Gasteiger partial charge is 0.163 e. The van der Waals surface area contributed by atoms with Crippen LogP contribution < -0.4 is 21.1 Å². The first-order valence-electron chi connectivity index (χ1n) is 14.4. The van der Waals surface area contributed by atoms with Crippen LogP contribution in [0.2, 0.25) is 0 Å². The third kappa shape index (κ3) is 6.22. The van der Waals surface area contributed by atoms with E-state index in [0.717, 1.165) is 64.9 Å². The predicted molar refractivity (Wildman–Crippen MR) is 168 cm³/mol. The maximum atomic E-state index is 13.7. The summed E-state index contributed by atoms with van der Waals surface area (Å²) in [4.78, 5) is 6.91. The molecular formula is C31H36FN7O3S. The number of aromatic nitrogens is 2. The van der Waals surface area contributed by atoms with Gasteiger partial charge < -0.3 is 20.3 Å². The van der Waals surface area contributed by atoms with Crippen molar-refractivity contribution in [3.05, 3.63) is 83.3 Å². The van der Waals surface area contributed by atoms with Crippen molar-refractivity contribution in [2.24, 2.45) is 10.7 Å². The topological polar surface area (TPSA) is 127 Å². The van der Waals surface area contributed by atoms with Crippen molar-refractivity contribution >= 4 is 38.5 Å². The number of ether oxygens (including phenoxy) is 1. The number of halogens is 1. The number of fused-ring (bicyclic) bond motifs is 2. The number of methoxy groups -OCH3 is 1. The summed E-state index contributed by atoms with van der Waals surface area (Å²) in [6.45, 7) is 3.28. The number of aliphatic imine (C=N–C) groups is 1. The Bertz CT molecular complexity index is 1760. The van der Waals surface area contributed by atoms with Gasteiger partial charge in [-0.2, -0.15) is 5.10 Å². The number of rotatable bonds is 10. The highest BCUT2D eigenvalue weighted by Crippen LogP contribution is 2.42. The van der Waals surface area contributed by atoms with Crippen molar-refractivity contribution in [1.29, 1.82) is 0 Å². The van der Waals surface area contributed by atoms with E-state index in [0.29, 0.717) is 25.4 Å². The summed E-state index contributed by atoms with van der Waals surface area (Å²) in [6, 6.07) is 16.4. The molecule has 226 valence electrons. The van der Waals surface area contributed by atoms with Crippen LogP contribution in [0.5, 0.6) is 5.75 Å². The molecule has 3 aromatic carbocycles. The molecule has 0 bridgehead atoms. The average molecular weight is 606 g/mol. The molecule has 10 nitrogen and oxygen atoms in total. The Hall–Kier alpha value is -4.00. The third-order valence-corrected chi connectivity index (χ3v) is 9.80. The second-order valence-electron chi connectivity index (χ2n) is 11.1. The Balaban J connectivity index is 1.18. The molecule has 1 saturated heterocycles. The fourth-order valence-corrected chi connectivity index (χ4v) is 7.02. The molecule has 2 aliphatic rings. The SMILES string of the molecule is COc1cc2c(cc1NCCCCN1CCS(=O)(=O)CC1)C(N)(c1ccc3c(cnn3Cc3cccc(F)c3)c1)N=CN2. The lowest BCUT2D eigenvalue weighted by molar-refractivity contribution is 0.290. The van der Waals surface area contributed by atoms with E-state index in [2.05, 4.69) is 25.6 Å². The number of unbranched alkanes of at least 4 members (excludes halogenated alkanes) is 1. The normalized spacial score (nSPS) is 19.6. The molecule has 6 rings (SSSR count). The molecule has 2 aliphatic heterocycles. The second kappa shape index (κ2) is 11.9. The second-order valence-corrected chi connectivity index (χ2v) is 13.4. The van der Waals surface area contributed by atoms with Gasteiger partial charge in [0.15, 0.2) is 15.5 Å². The van der Waals surface area contributed by atoms with Crippen LogP contribution in [0.3, 0.4) is 0 Å². The molecule has 4 N–H and O–H groups in total. The van der Waals surface area contributed by atoms with Gasteiger partial charge >= 0.3 is 0 Å². The lowest BCUT2D eigenvalue weighted by atomic mass is 9.89. The van der Waals surface area contributed by atoms with Crippen molar-refractivity contribution in [3.8, 4) is 5.75 Å². The molecule has 0 amide bonds. The first-order valence-corrected chi connectivity index (χ1v) is 16.2. The van der Waals surface area contributed by atoms with Crippen LogP contribution in [-0.2, 0) is 22.0 Å². The van der Waals surface area contributed by atoms with Gasteiger partial charge in [0.05, 0.1) is 54.6 Å². The van der Waals surface area contributed by atoms with E-state index in [4.69, 9.17) is 10.5 Å². The molecule has 12 heteroatoms. The number of nitrogens with zero attached hydrogens (tertiary/aromatic N) is 4. The molecule has 43 heavy (non-hydrogen) atoms. The third-order valence-electron chi connectivity index (χ3n) is 8.20. The van der Waals surface area contributed by atoms with Gasteiger partial charge in [-0.25, -0.2) is 17.8 Å². The van der Waals surface area contributed by atoms with Crippen LogP contribution in [0, 0.1) is 5.82 Å². The number of hydrogen-bond donors (Lipinski definition) is 3. The molecule has 3 heterocycles. The van der Waals surface area contributed by atoms with Gasteiger partial charge in [0.1, 0.15) is 11.6 Å². The Kier molecular flexibility index (Phi) is 8.08. The summed E-state index contributed by atoms with van der Waals surface area (Å²) in [5.74, 6) is 0.920. The Morgan fingerprint density at radius 1 is 1.12 bits per heavy atom. The highest BCUT2D eigenvalue weighted by molar-refractivity contribution is 7.91. The van der Waals surface area contributed by atoms with Gasteiger partial charge in [0.2, 0.25) is 0 Å². The maximum Gasteiger partial charge on any atom is 0.163 e. The lowest BCUT2D eigenvalue weighted by Crippen LogP contribution is -2.40. The van der Waals surface area contributed by atoms with Crippen LogP contribution in [0.25, 0.3) is 10.9 Å². The first-order chi connectivity index (χ1) is 20.7. The Morgan fingerprint density at radius 2 is 1.95 bits per heavy atom. The largest absolute Gasteiger partial charge is 0.495 e. The zero-order valence-corrected chi connectivity index (χ0v) is 24.9. The van der Waals surface area contributed by atoms with Crippen LogP contribution in [0.1, 0.15) is 29.5 Å². The van der Waals surface area contributed by atoms with Crippen molar-refractivity contribution in [2.45, 2.75) is 25.0 Å². The molecule has 1 aromatic heterocycles. The summed E-state index contributed by atoms with van der Waals surface area (Å²) in [6.07, 6.45) is 5.28. The number of nitrogens with two attached hydrogens (primary N) is 1. The summed E-state index contributed by atoms with van der Waals surface area (Å²) < 4.78 is 44.6. The van der Waals surface area contributed by atoms with Crippen molar-refractivity contribution in [1.82, 2.24) is 14.7 Å². The quantitative estimate of drug-likeness (QED) is 0.233. The van der Waals surface area contributed by atoms with Gasteiger partial charge in [-0.1, -0.05) is 18.2 Å². The molecule has 1 atom stereocenters. The summed E-state index contributed by atoms with van der Waals surface area (Å²) in [5.41, 5.74) is 10.9. The molecule has 0 aliphatic carbocycles. The minimum atomic E-state index is -2.86. The van der Waals surface area contributed by atoms with Crippen molar-refractivity contribution < 1.29 is 17.5 Å². The van der Waals surface area contributed by atoms with E-state index < -0.39 is 15.5 Å². The van der Waals surface area contributed by atoms with Crippen LogP contribution >= 0.6 is 0 Å². The van der Waals surface area contributed by atoms with Gasteiger partial charge in [0.25, 0.3) is 0 Å². The molecule has 0 radical (unpaired) electrons. The van der Waals surface area contributed by atoms with Gasteiger partial charge in [-0.3, -0.25) is 10.4 Å². The van der Waals surface area contributed by atoms with Crippen LogP contribution in [0.4, 0.5) is 15.8 Å². The zero-order chi connectivity index (χ0) is 30.0. The molecule has 0 saturated carbocycles.